The number of ether oxygens (including phenoxy) is 2. The van der Waals surface area contributed by atoms with Crippen LogP contribution >= 0.6 is 11.6 Å². The number of urea groups is 1. The van der Waals surface area contributed by atoms with Gasteiger partial charge in [-0.1, -0.05) is 17.7 Å². The van der Waals surface area contributed by atoms with E-state index < -0.39 is 31.3 Å². The Balaban J connectivity index is 1.68. The topological polar surface area (TPSA) is 97.0 Å². The Bertz CT molecular complexity index is 1140. The van der Waals surface area contributed by atoms with Crippen molar-refractivity contribution in [2.24, 2.45) is 0 Å². The average Bonchev–Trinajstić information content (AvgIpc) is 2.76. The number of alkyl halides is 3. The number of hydrogen-bond donors (Lipinski definition) is 2. The lowest BCUT2D eigenvalue weighted by molar-refractivity contribution is -0.0435. The molecule has 2 aromatic rings. The van der Waals surface area contributed by atoms with E-state index in [2.05, 4.69) is 15.5 Å². The molecule has 34 heavy (non-hydrogen) atoms. The number of morpholine rings is 1. The smallest absolute Gasteiger partial charge is 0.490 e. The van der Waals surface area contributed by atoms with Gasteiger partial charge in [0.25, 0.3) is 9.84 Å². The van der Waals surface area contributed by atoms with E-state index in [-0.39, 0.29) is 5.69 Å². The number of sulfone groups is 1. The van der Waals surface area contributed by atoms with Crippen molar-refractivity contribution in [2.45, 2.75) is 17.3 Å². The van der Waals surface area contributed by atoms with E-state index >= 15 is 0 Å². The average molecular weight is 522 g/mol. The Morgan fingerprint density at radius 1 is 1.15 bits per heavy atom. The van der Waals surface area contributed by atoms with Gasteiger partial charge in [-0.25, -0.2) is 13.2 Å². The number of carbonyl (C=O) groups is 1. The molecule has 13 heteroatoms. The van der Waals surface area contributed by atoms with Gasteiger partial charge in [-0.15, -0.1) is 0 Å². The van der Waals surface area contributed by atoms with Crippen LogP contribution in [0.15, 0.2) is 41.3 Å². The highest BCUT2D eigenvalue weighted by atomic mass is 35.5. The number of halogens is 4. The highest BCUT2D eigenvalue weighted by Crippen LogP contribution is 2.35. The van der Waals surface area contributed by atoms with Crippen LogP contribution in [-0.4, -0.2) is 64.3 Å². The Morgan fingerprint density at radius 3 is 2.53 bits per heavy atom. The molecule has 1 saturated heterocycles. The number of amides is 2. The molecule has 8 nitrogen and oxygen atoms in total. The summed E-state index contributed by atoms with van der Waals surface area (Å²) in [6, 6.07) is 7.11. The number of carbonyl (C=O) groups excluding carboxylic acids is 1. The Kier molecular flexibility index (Phi) is 8.29. The zero-order valence-electron chi connectivity index (χ0n) is 18.1. The van der Waals surface area contributed by atoms with E-state index in [1.54, 1.807) is 18.2 Å². The molecule has 3 rings (SSSR count). The van der Waals surface area contributed by atoms with Gasteiger partial charge in [-0.05, 0) is 42.8 Å². The quantitative estimate of drug-likeness (QED) is 0.564. The van der Waals surface area contributed by atoms with Crippen LogP contribution in [0.4, 0.5) is 29.3 Å². The molecule has 2 N–H and O–H groups in total. The van der Waals surface area contributed by atoms with Gasteiger partial charge in [0.05, 0.1) is 28.8 Å². The van der Waals surface area contributed by atoms with Crippen LogP contribution in [0.25, 0.3) is 0 Å². The van der Waals surface area contributed by atoms with Crippen LogP contribution in [-0.2, 0) is 14.6 Å². The third-order valence-corrected chi connectivity index (χ3v) is 6.91. The predicted octanol–water partition coefficient (Wildman–Crippen LogP) is 4.30. The van der Waals surface area contributed by atoms with Crippen molar-refractivity contribution >= 4 is 38.8 Å². The van der Waals surface area contributed by atoms with Crippen LogP contribution in [0.1, 0.15) is 5.56 Å². The molecule has 1 aliphatic heterocycles. The van der Waals surface area contributed by atoms with Crippen LogP contribution in [0.2, 0.25) is 5.02 Å². The lowest BCUT2D eigenvalue weighted by Gasteiger charge is -2.26. The zero-order chi connectivity index (χ0) is 24.9. The van der Waals surface area contributed by atoms with E-state index in [9.17, 15) is 26.4 Å². The number of nitrogens with zero attached hydrogens (tertiary/aromatic N) is 1. The summed E-state index contributed by atoms with van der Waals surface area (Å²) in [4.78, 5) is 13.5. The maximum atomic E-state index is 12.9. The fourth-order valence-corrected chi connectivity index (χ4v) is 4.44. The first kappa shape index (κ1) is 26.1. The van der Waals surface area contributed by atoms with E-state index in [0.29, 0.717) is 43.9 Å². The second kappa shape index (κ2) is 10.8. The Labute approximate surface area is 199 Å². The summed E-state index contributed by atoms with van der Waals surface area (Å²) in [6.45, 7) is 5.83. The number of nitrogens with one attached hydrogen (secondary N) is 2. The fraction of sp³-hybridized carbons (Fsp3) is 0.381. The van der Waals surface area contributed by atoms with Gasteiger partial charge in [-0.3, -0.25) is 4.90 Å². The summed E-state index contributed by atoms with van der Waals surface area (Å²) >= 11 is 5.66. The van der Waals surface area contributed by atoms with Gasteiger partial charge < -0.3 is 20.1 Å². The summed E-state index contributed by atoms with van der Waals surface area (Å²) in [5.74, 6) is 0.417. The van der Waals surface area contributed by atoms with Crippen LogP contribution < -0.4 is 15.4 Å². The van der Waals surface area contributed by atoms with Gasteiger partial charge >= 0.3 is 11.5 Å². The standard InChI is InChI=1S/C21H23ClF3N3O5S/c1-14-2-5-17(18(12-14)33-11-8-28-6-9-32-10-7-28)27-20(29)26-15-3-4-16(22)19(13-15)34(30,31)21(23,24)25/h2-5,12-13H,6-11H2,1H3,(H2,26,27,29). The molecule has 0 aromatic heterocycles. The summed E-state index contributed by atoms with van der Waals surface area (Å²) < 4.78 is 73.3. The van der Waals surface area contributed by atoms with Gasteiger partial charge in [-0.2, -0.15) is 13.2 Å². The first-order valence-corrected chi connectivity index (χ1v) is 12.1. The number of anilines is 2. The minimum atomic E-state index is -5.69. The molecule has 0 atom stereocenters. The molecule has 0 aliphatic carbocycles. The van der Waals surface area contributed by atoms with E-state index in [4.69, 9.17) is 21.1 Å². The number of benzene rings is 2. The fourth-order valence-electron chi connectivity index (χ4n) is 3.16. The van der Waals surface area contributed by atoms with Gasteiger partial charge in [0.1, 0.15) is 12.4 Å². The lowest BCUT2D eigenvalue weighted by atomic mass is 10.2. The molecule has 1 fully saturated rings. The van der Waals surface area contributed by atoms with Crippen molar-refractivity contribution in [3.8, 4) is 5.75 Å². The molecule has 1 heterocycles. The predicted molar refractivity (Wildman–Crippen MR) is 121 cm³/mol. The lowest BCUT2D eigenvalue weighted by Crippen LogP contribution is -2.38. The number of hydrogen-bond acceptors (Lipinski definition) is 6. The van der Waals surface area contributed by atoms with E-state index in [0.717, 1.165) is 24.7 Å². The SMILES string of the molecule is Cc1ccc(NC(=O)Nc2ccc(Cl)c(S(=O)(=O)C(F)(F)F)c2)c(OCCN2CCOCC2)c1. The molecule has 0 spiro atoms. The summed E-state index contributed by atoms with van der Waals surface area (Å²) in [5, 5.41) is 4.26. The van der Waals surface area contributed by atoms with Gasteiger partial charge in [0, 0.05) is 25.3 Å². The van der Waals surface area contributed by atoms with E-state index in [1.165, 1.54) is 6.07 Å². The second-order valence-electron chi connectivity index (χ2n) is 7.48. The molecular formula is C21H23ClF3N3O5S. The first-order valence-electron chi connectivity index (χ1n) is 10.2. The van der Waals surface area contributed by atoms with Crippen molar-refractivity contribution in [3.05, 3.63) is 47.0 Å². The molecule has 0 unspecified atom stereocenters. The van der Waals surface area contributed by atoms with Crippen molar-refractivity contribution in [2.75, 3.05) is 50.1 Å². The Morgan fingerprint density at radius 2 is 1.85 bits per heavy atom. The largest absolute Gasteiger partial charge is 0.501 e. The molecule has 186 valence electrons. The third-order valence-electron chi connectivity index (χ3n) is 4.94. The second-order valence-corrected chi connectivity index (χ2v) is 9.79. The van der Waals surface area contributed by atoms with Gasteiger partial charge in [0.15, 0.2) is 0 Å². The molecule has 2 aromatic carbocycles. The number of rotatable bonds is 7. The van der Waals surface area contributed by atoms with Crippen LogP contribution in [0.3, 0.4) is 0 Å². The first-order chi connectivity index (χ1) is 16.0. The maximum absolute atomic E-state index is 12.9. The van der Waals surface area contributed by atoms with Gasteiger partial charge in [0.2, 0.25) is 0 Å². The zero-order valence-corrected chi connectivity index (χ0v) is 19.7. The van der Waals surface area contributed by atoms with Crippen LogP contribution in [0, 0.1) is 6.92 Å². The number of aryl methyl sites for hydroxylation is 1. The normalized spacial score (nSPS) is 15.1. The van der Waals surface area contributed by atoms with Crippen molar-refractivity contribution < 1.29 is 35.9 Å². The van der Waals surface area contributed by atoms with E-state index in [1.807, 2.05) is 6.92 Å². The minimum absolute atomic E-state index is 0.188. The third kappa shape index (κ3) is 6.53. The highest BCUT2D eigenvalue weighted by Gasteiger charge is 2.48. The van der Waals surface area contributed by atoms with Crippen LogP contribution in [0.5, 0.6) is 5.75 Å². The monoisotopic (exact) mass is 521 g/mol. The van der Waals surface area contributed by atoms with Crippen molar-refractivity contribution in [1.82, 2.24) is 4.90 Å². The Hall–Kier alpha value is -2.54. The summed E-state index contributed by atoms with van der Waals surface area (Å²) in [5.41, 5.74) is -4.49. The molecule has 0 bridgehead atoms. The summed E-state index contributed by atoms with van der Waals surface area (Å²) in [6.07, 6.45) is 0. The molecular weight excluding hydrogens is 499 g/mol. The highest BCUT2D eigenvalue weighted by molar-refractivity contribution is 7.92. The summed E-state index contributed by atoms with van der Waals surface area (Å²) in [7, 11) is -5.69. The maximum Gasteiger partial charge on any atom is 0.501 e. The minimum Gasteiger partial charge on any atom is -0.490 e. The van der Waals surface area contributed by atoms with Crippen molar-refractivity contribution in [3.63, 3.8) is 0 Å². The molecule has 0 saturated carbocycles. The molecule has 1 aliphatic rings. The molecule has 0 radical (unpaired) electrons. The van der Waals surface area contributed by atoms with Crippen molar-refractivity contribution in [1.29, 1.82) is 0 Å². The molecule has 2 amide bonds.